The Morgan fingerprint density at radius 1 is 1.17 bits per heavy atom. The molecule has 0 aliphatic carbocycles. The largest absolute Gasteiger partial charge is 0.548 e. The van der Waals surface area contributed by atoms with E-state index in [1.807, 2.05) is 19.9 Å². The van der Waals surface area contributed by atoms with E-state index in [0.29, 0.717) is 17.0 Å². The molecule has 0 amide bonds. The highest BCUT2D eigenvalue weighted by Gasteiger charge is 2.19. The second-order valence-corrected chi connectivity index (χ2v) is 5.09. The van der Waals surface area contributed by atoms with Gasteiger partial charge in [-0.3, -0.25) is 0 Å². The van der Waals surface area contributed by atoms with Gasteiger partial charge in [-0.05, 0) is 18.9 Å². The molecule has 6 nitrogen and oxygen atoms in total. The summed E-state index contributed by atoms with van der Waals surface area (Å²) in [5.41, 5.74) is 1.14. The van der Waals surface area contributed by atoms with E-state index in [0.717, 1.165) is 15.3 Å². The van der Waals surface area contributed by atoms with Crippen molar-refractivity contribution in [3.8, 4) is 6.07 Å². The van der Waals surface area contributed by atoms with Gasteiger partial charge in [0.15, 0.2) is 0 Å². The summed E-state index contributed by atoms with van der Waals surface area (Å²) in [7, 11) is 0. The molecule has 0 saturated carbocycles. The number of carbonyl (C=O) groups is 2. The Bertz CT molecular complexity index is 531. The van der Waals surface area contributed by atoms with Crippen molar-refractivity contribution in [3.63, 3.8) is 0 Å². The number of aryl methyl sites for hydroxylation is 1. The van der Waals surface area contributed by atoms with Crippen LogP contribution in [-0.2, 0) is 16.0 Å². The lowest BCUT2D eigenvalue weighted by Crippen LogP contribution is -2.44. The molecule has 0 radical (unpaired) electrons. The van der Waals surface area contributed by atoms with Crippen LogP contribution >= 0.6 is 11.3 Å². The minimum Gasteiger partial charge on any atom is -0.548 e. The highest BCUT2D eigenvalue weighted by molar-refractivity contribution is 7.16. The Morgan fingerprint density at radius 2 is 1.61 bits per heavy atom. The first kappa shape index (κ1) is 28.7. The van der Waals surface area contributed by atoms with Crippen molar-refractivity contribution in [1.29, 1.82) is 5.26 Å². The summed E-state index contributed by atoms with van der Waals surface area (Å²) < 4.78 is 0. The first-order valence-corrected chi connectivity index (χ1v) is 6.39. The average molecular weight is 341 g/mol. The number of carboxylic acids is 2. The highest BCUT2D eigenvalue weighted by Crippen LogP contribution is 2.35. The number of nitrogens with zero attached hydrogens (tertiary/aromatic N) is 2. The van der Waals surface area contributed by atoms with Gasteiger partial charge in [-0.2, -0.15) is 5.26 Å². The number of rotatable bonds is 6. The van der Waals surface area contributed by atoms with E-state index in [1.54, 1.807) is 0 Å². The first-order chi connectivity index (χ1) is 8.90. The molecule has 0 unspecified atom stereocenters. The number of aliphatic carboxylic acids is 2. The van der Waals surface area contributed by atoms with Gasteiger partial charge in [0.1, 0.15) is 11.1 Å². The third-order valence-corrected chi connectivity index (χ3v) is 3.79. The van der Waals surface area contributed by atoms with E-state index in [4.69, 9.17) is 5.26 Å². The standard InChI is InChI=1S/C12H14N2O4S.CH4.3CH3/c1-3-8-7(2)19-12(9(8)4-13)14(5-10(15)16)6-11(17)18;;;;/h3,5-6H2,1-2H3,(H,15,16)(H,17,18);1H4;3*1H3/q;;3*+1/p-2. The summed E-state index contributed by atoms with van der Waals surface area (Å²) in [6.45, 7) is 2.50. The molecule has 0 atom stereocenters. The van der Waals surface area contributed by atoms with E-state index < -0.39 is 25.0 Å². The van der Waals surface area contributed by atoms with Crippen molar-refractivity contribution in [2.75, 3.05) is 18.0 Å². The van der Waals surface area contributed by atoms with Crippen molar-refractivity contribution < 1.29 is 19.8 Å². The second-order valence-electron chi connectivity index (χ2n) is 3.88. The smallest absolute Gasteiger partial charge is 0.110 e. The molecule has 23 heavy (non-hydrogen) atoms. The summed E-state index contributed by atoms with van der Waals surface area (Å²) in [4.78, 5) is 23.3. The van der Waals surface area contributed by atoms with E-state index >= 15 is 0 Å². The number of hydrogen-bond acceptors (Lipinski definition) is 7. The maximum atomic E-state index is 10.7. The number of anilines is 1. The highest BCUT2D eigenvalue weighted by atomic mass is 32.1. The van der Waals surface area contributed by atoms with Crippen LogP contribution in [-0.4, -0.2) is 25.0 Å². The Balaban J connectivity index is -0.000000451. The topological polar surface area (TPSA) is 107 Å². The molecule has 0 aromatic carbocycles. The van der Waals surface area contributed by atoms with Crippen LogP contribution in [0.1, 0.15) is 30.4 Å². The van der Waals surface area contributed by atoms with Crippen molar-refractivity contribution in [1.82, 2.24) is 0 Å². The van der Waals surface area contributed by atoms with Crippen molar-refractivity contribution >= 4 is 28.3 Å². The predicted octanol–water partition coefficient (Wildman–Crippen LogP) is 0.784. The van der Waals surface area contributed by atoms with Crippen LogP contribution in [0.15, 0.2) is 0 Å². The lowest BCUT2D eigenvalue weighted by molar-refractivity contribution is -0.304. The average Bonchev–Trinajstić information content (AvgIpc) is 2.63. The Hall–Kier alpha value is -2.46. The fraction of sp³-hybridized carbons (Fsp3) is 0.375. The molecule has 1 rings (SSSR count). The zero-order valence-electron chi connectivity index (χ0n) is 13.6. The maximum Gasteiger partial charge on any atom is 0.110 e. The fourth-order valence-electron chi connectivity index (χ4n) is 1.84. The van der Waals surface area contributed by atoms with Gasteiger partial charge in [0.25, 0.3) is 0 Å². The molecule has 1 heterocycles. The fourth-order valence-corrected chi connectivity index (χ4v) is 3.03. The number of nitriles is 1. The summed E-state index contributed by atoms with van der Waals surface area (Å²) in [5.74, 6) is -2.82. The van der Waals surface area contributed by atoms with Crippen LogP contribution in [0.3, 0.4) is 0 Å². The van der Waals surface area contributed by atoms with E-state index in [2.05, 4.69) is 0 Å². The number of thiophene rings is 1. The zero-order chi connectivity index (χ0) is 14.6. The van der Waals surface area contributed by atoms with Gasteiger partial charge in [0.05, 0.1) is 30.6 Å². The summed E-state index contributed by atoms with van der Waals surface area (Å²) >= 11 is 1.20. The van der Waals surface area contributed by atoms with Gasteiger partial charge >= 0.3 is 0 Å². The molecule has 0 aliphatic rings. The van der Waals surface area contributed by atoms with Crippen LogP contribution in [0.25, 0.3) is 0 Å². The lowest BCUT2D eigenvalue weighted by atomic mass is 10.1. The molecule has 7 heteroatoms. The Kier molecular flexibility index (Phi) is 15.1. The number of carboxylic acid groups (broad SMARTS) is 2. The minimum atomic E-state index is -1.41. The van der Waals surface area contributed by atoms with Gasteiger partial charge in [0, 0.05) is 27.2 Å². The Morgan fingerprint density at radius 3 is 1.91 bits per heavy atom. The predicted molar refractivity (Wildman–Crippen MR) is 91.3 cm³/mol. The minimum absolute atomic E-state index is 0. The van der Waals surface area contributed by atoms with Crippen molar-refractivity contribution in [3.05, 3.63) is 38.3 Å². The van der Waals surface area contributed by atoms with Crippen molar-refractivity contribution in [2.45, 2.75) is 27.7 Å². The van der Waals surface area contributed by atoms with Gasteiger partial charge in [-0.25, -0.2) is 0 Å². The molecule has 1 aromatic heterocycles. The third kappa shape index (κ3) is 6.89. The third-order valence-electron chi connectivity index (χ3n) is 2.58. The van der Waals surface area contributed by atoms with Gasteiger partial charge in [-0.15, -0.1) is 11.3 Å². The van der Waals surface area contributed by atoms with Crippen molar-refractivity contribution in [2.24, 2.45) is 0 Å². The molecule has 128 valence electrons. The van der Waals surface area contributed by atoms with Crippen LogP contribution in [0.4, 0.5) is 5.00 Å². The van der Waals surface area contributed by atoms with Gasteiger partial charge in [-0.1, -0.05) is 14.4 Å². The maximum absolute atomic E-state index is 10.7. The second kappa shape index (κ2) is 12.1. The van der Waals surface area contributed by atoms with Gasteiger partial charge < -0.3 is 24.7 Å². The SMILES string of the molecule is C.CCc1c(C)sc(N(CC(=O)[O-])CC(=O)[O-])c1C#N.[CH3+].[CH3+].[CH3+]. The quantitative estimate of drug-likeness (QED) is 0.708. The molecular weight excluding hydrogens is 316 g/mol. The van der Waals surface area contributed by atoms with E-state index in [9.17, 15) is 19.8 Å². The van der Waals surface area contributed by atoms with E-state index in [-0.39, 0.29) is 29.7 Å². The molecule has 0 fully saturated rings. The lowest BCUT2D eigenvalue weighted by Gasteiger charge is -2.24. The van der Waals surface area contributed by atoms with E-state index in [1.165, 1.54) is 11.3 Å². The summed E-state index contributed by atoms with van der Waals surface area (Å²) in [6, 6.07) is 2.00. The zero-order valence-corrected chi connectivity index (χ0v) is 14.4. The molecule has 1 aromatic rings. The Labute approximate surface area is 144 Å². The molecule has 0 saturated heterocycles. The summed E-state index contributed by atoms with van der Waals surface area (Å²) in [5, 5.41) is 30.9. The molecule has 0 N–H and O–H groups in total. The van der Waals surface area contributed by atoms with Crippen LogP contribution in [0.2, 0.25) is 0 Å². The van der Waals surface area contributed by atoms with Gasteiger partial charge in [0.2, 0.25) is 0 Å². The van der Waals surface area contributed by atoms with Crippen LogP contribution in [0, 0.1) is 40.5 Å². The molecular formula is C16H25N2O4S+. The molecule has 0 bridgehead atoms. The normalized spacial score (nSPS) is 8.22. The molecule has 0 aliphatic heterocycles. The van der Waals surface area contributed by atoms with Crippen LogP contribution in [0.5, 0.6) is 0 Å². The van der Waals surface area contributed by atoms with Crippen LogP contribution < -0.4 is 15.1 Å². The monoisotopic (exact) mass is 341 g/mol. The number of hydrogen-bond donors (Lipinski definition) is 0. The summed E-state index contributed by atoms with van der Waals surface area (Å²) in [6.07, 6.45) is 0.621. The molecule has 0 spiro atoms. The first-order valence-electron chi connectivity index (χ1n) is 5.57. The number of carbonyl (C=O) groups excluding carboxylic acids is 2.